The topological polar surface area (TPSA) is 30.2 Å². The van der Waals surface area contributed by atoms with E-state index in [1.807, 2.05) is 30.3 Å². The highest BCUT2D eigenvalue weighted by atomic mass is 16.3. The van der Waals surface area contributed by atoms with Crippen molar-refractivity contribution in [1.82, 2.24) is 0 Å². The van der Waals surface area contributed by atoms with Crippen LogP contribution in [-0.4, -0.2) is 5.78 Å². The maximum absolute atomic E-state index is 12.1. The summed E-state index contributed by atoms with van der Waals surface area (Å²) in [4.78, 5) is 12.1. The average Bonchev–Trinajstić information content (AvgIpc) is 2.85. The molecule has 0 saturated carbocycles. The highest BCUT2D eigenvalue weighted by Gasteiger charge is 2.20. The van der Waals surface area contributed by atoms with Crippen LogP contribution in [0.4, 0.5) is 0 Å². The van der Waals surface area contributed by atoms with Crippen molar-refractivity contribution in [3.8, 4) is 0 Å². The monoisotopic (exact) mass is 212 g/mol. The third-order valence-corrected chi connectivity index (χ3v) is 2.44. The Labute approximate surface area is 94.2 Å². The zero-order valence-corrected chi connectivity index (χ0v) is 8.80. The van der Waals surface area contributed by atoms with Gasteiger partial charge in [0.25, 0.3) is 0 Å². The number of Topliss-reactive ketones (excluding diaryl/α,β-unsaturated/α-hetero) is 1. The molecule has 16 heavy (non-hydrogen) atoms. The van der Waals surface area contributed by atoms with E-state index < -0.39 is 0 Å². The lowest BCUT2D eigenvalue weighted by Crippen LogP contribution is -2.09. The predicted molar refractivity (Wildman–Crippen MR) is 62.4 cm³/mol. The van der Waals surface area contributed by atoms with Gasteiger partial charge < -0.3 is 4.42 Å². The predicted octanol–water partition coefficient (Wildman–Crippen LogP) is 3.43. The fourth-order valence-electron chi connectivity index (χ4n) is 1.63. The minimum atomic E-state index is -0.340. The Morgan fingerprint density at radius 3 is 2.50 bits per heavy atom. The van der Waals surface area contributed by atoms with Gasteiger partial charge in [-0.25, -0.2) is 0 Å². The van der Waals surface area contributed by atoms with E-state index >= 15 is 0 Å². The molecular formula is C14H12O2. The minimum absolute atomic E-state index is 0.0637. The Kier molecular flexibility index (Phi) is 3.01. The maximum Gasteiger partial charge on any atom is 0.209 e. The second-order valence-electron chi connectivity index (χ2n) is 3.47. The molecule has 1 atom stereocenters. The van der Waals surface area contributed by atoms with Gasteiger partial charge >= 0.3 is 0 Å². The molecular weight excluding hydrogens is 200 g/mol. The van der Waals surface area contributed by atoms with Gasteiger partial charge in [-0.05, 0) is 17.7 Å². The lowest BCUT2D eigenvalue weighted by atomic mass is 9.94. The summed E-state index contributed by atoms with van der Waals surface area (Å²) in [6.07, 6.45) is 3.14. The maximum atomic E-state index is 12.1. The van der Waals surface area contributed by atoms with Gasteiger partial charge in [0, 0.05) is 0 Å². The molecule has 80 valence electrons. The smallest absolute Gasteiger partial charge is 0.209 e. The Bertz CT molecular complexity index is 469. The van der Waals surface area contributed by atoms with Crippen LogP contribution in [0.15, 0.2) is 65.8 Å². The van der Waals surface area contributed by atoms with Crippen molar-refractivity contribution >= 4 is 5.78 Å². The lowest BCUT2D eigenvalue weighted by Gasteiger charge is -2.09. The third kappa shape index (κ3) is 1.96. The van der Waals surface area contributed by atoms with E-state index in [4.69, 9.17) is 4.42 Å². The van der Waals surface area contributed by atoms with E-state index in [1.165, 1.54) is 6.26 Å². The number of hydrogen-bond acceptors (Lipinski definition) is 2. The van der Waals surface area contributed by atoms with Crippen molar-refractivity contribution in [3.05, 3.63) is 72.7 Å². The van der Waals surface area contributed by atoms with E-state index in [2.05, 4.69) is 6.58 Å². The van der Waals surface area contributed by atoms with Crippen LogP contribution in [0, 0.1) is 0 Å². The molecule has 2 nitrogen and oxygen atoms in total. The van der Waals surface area contributed by atoms with Crippen LogP contribution in [0.1, 0.15) is 22.0 Å². The molecule has 0 fully saturated rings. The van der Waals surface area contributed by atoms with Crippen molar-refractivity contribution in [2.75, 3.05) is 0 Å². The molecule has 0 aliphatic rings. The molecule has 0 radical (unpaired) electrons. The van der Waals surface area contributed by atoms with Crippen molar-refractivity contribution in [2.45, 2.75) is 5.92 Å². The summed E-state index contributed by atoms with van der Waals surface area (Å²) in [5, 5.41) is 0. The summed E-state index contributed by atoms with van der Waals surface area (Å²) in [5.41, 5.74) is 0.930. The first-order valence-electron chi connectivity index (χ1n) is 5.08. The van der Waals surface area contributed by atoms with E-state index in [0.717, 1.165) is 5.56 Å². The summed E-state index contributed by atoms with van der Waals surface area (Å²) in [6.45, 7) is 3.71. The number of ketones is 1. The number of carbonyl (C=O) groups is 1. The normalized spacial score (nSPS) is 12.0. The summed E-state index contributed by atoms with van der Waals surface area (Å²) in [6, 6.07) is 12.9. The zero-order chi connectivity index (χ0) is 11.4. The van der Waals surface area contributed by atoms with Crippen LogP contribution in [0.3, 0.4) is 0 Å². The van der Waals surface area contributed by atoms with Gasteiger partial charge in [0.05, 0.1) is 12.2 Å². The van der Waals surface area contributed by atoms with E-state index in [-0.39, 0.29) is 11.7 Å². The molecule has 1 aromatic heterocycles. The Morgan fingerprint density at radius 2 is 1.94 bits per heavy atom. The van der Waals surface area contributed by atoms with E-state index in [1.54, 1.807) is 18.2 Å². The van der Waals surface area contributed by atoms with Crippen LogP contribution >= 0.6 is 0 Å². The van der Waals surface area contributed by atoms with Gasteiger partial charge in [0.15, 0.2) is 5.76 Å². The quantitative estimate of drug-likeness (QED) is 0.574. The Morgan fingerprint density at radius 1 is 1.19 bits per heavy atom. The lowest BCUT2D eigenvalue weighted by molar-refractivity contribution is 0.0949. The Balaban J connectivity index is 2.31. The summed E-state index contributed by atoms with van der Waals surface area (Å²) < 4.78 is 5.10. The summed E-state index contributed by atoms with van der Waals surface area (Å²) in [7, 11) is 0. The molecule has 1 heterocycles. The number of hydrogen-bond donors (Lipinski definition) is 0. The van der Waals surface area contributed by atoms with Crippen LogP contribution in [-0.2, 0) is 0 Å². The third-order valence-electron chi connectivity index (χ3n) is 2.44. The van der Waals surface area contributed by atoms with Crippen LogP contribution in [0.5, 0.6) is 0 Å². The molecule has 0 aliphatic heterocycles. The molecule has 0 N–H and O–H groups in total. The Hall–Kier alpha value is -2.09. The molecule has 2 heteroatoms. The molecule has 2 aromatic rings. The summed E-state index contributed by atoms with van der Waals surface area (Å²) in [5.74, 6) is -0.0349. The van der Waals surface area contributed by atoms with Crippen LogP contribution in [0.2, 0.25) is 0 Å². The largest absolute Gasteiger partial charge is 0.461 e. The number of furan rings is 1. The first-order chi connectivity index (χ1) is 7.83. The summed E-state index contributed by atoms with van der Waals surface area (Å²) >= 11 is 0. The number of benzene rings is 1. The van der Waals surface area contributed by atoms with Crippen molar-refractivity contribution in [3.63, 3.8) is 0 Å². The van der Waals surface area contributed by atoms with Gasteiger partial charge in [-0.2, -0.15) is 0 Å². The average molecular weight is 212 g/mol. The first kappa shape index (κ1) is 10.4. The number of allylic oxidation sites excluding steroid dienone is 1. The van der Waals surface area contributed by atoms with E-state index in [0.29, 0.717) is 5.76 Å². The number of carbonyl (C=O) groups excluding carboxylic acids is 1. The molecule has 0 bridgehead atoms. The highest BCUT2D eigenvalue weighted by molar-refractivity contribution is 5.99. The van der Waals surface area contributed by atoms with Gasteiger partial charge in [0.2, 0.25) is 5.78 Å². The van der Waals surface area contributed by atoms with Gasteiger partial charge in [-0.1, -0.05) is 36.4 Å². The second-order valence-corrected chi connectivity index (χ2v) is 3.47. The van der Waals surface area contributed by atoms with E-state index in [9.17, 15) is 4.79 Å². The standard InChI is InChI=1S/C14H12O2/c1-2-12(11-7-4-3-5-8-11)14(15)13-9-6-10-16-13/h2-10,12H,1H2. The minimum Gasteiger partial charge on any atom is -0.461 e. The van der Waals surface area contributed by atoms with Crippen LogP contribution < -0.4 is 0 Å². The molecule has 0 spiro atoms. The van der Waals surface area contributed by atoms with Gasteiger partial charge in [-0.3, -0.25) is 4.79 Å². The van der Waals surface area contributed by atoms with Crippen molar-refractivity contribution in [1.29, 1.82) is 0 Å². The second kappa shape index (κ2) is 4.62. The van der Waals surface area contributed by atoms with Gasteiger partial charge in [0.1, 0.15) is 0 Å². The van der Waals surface area contributed by atoms with Crippen molar-refractivity contribution in [2.24, 2.45) is 0 Å². The van der Waals surface area contributed by atoms with Gasteiger partial charge in [-0.15, -0.1) is 6.58 Å². The molecule has 1 aromatic carbocycles. The molecule has 2 rings (SSSR count). The van der Waals surface area contributed by atoms with Crippen LogP contribution in [0.25, 0.3) is 0 Å². The molecule has 1 unspecified atom stereocenters. The molecule has 0 amide bonds. The first-order valence-corrected chi connectivity index (χ1v) is 5.08. The number of rotatable bonds is 4. The highest BCUT2D eigenvalue weighted by Crippen LogP contribution is 2.21. The van der Waals surface area contributed by atoms with Crippen molar-refractivity contribution < 1.29 is 9.21 Å². The SMILES string of the molecule is C=CC(C(=O)c1ccco1)c1ccccc1. The fourth-order valence-corrected chi connectivity index (χ4v) is 1.63. The molecule has 0 saturated heterocycles. The fraction of sp³-hybridized carbons (Fsp3) is 0.0714. The zero-order valence-electron chi connectivity index (χ0n) is 8.80. The molecule has 0 aliphatic carbocycles.